The maximum atomic E-state index is 13.1. The molecule has 0 aliphatic heterocycles. The molecule has 0 saturated carbocycles. The van der Waals surface area contributed by atoms with Crippen LogP contribution in [0.15, 0.2) is 48.1 Å². The van der Waals surface area contributed by atoms with Crippen molar-refractivity contribution in [2.75, 3.05) is 17.7 Å². The number of hydrogen-bond donors (Lipinski definition) is 1. The van der Waals surface area contributed by atoms with Gasteiger partial charge in [-0.1, -0.05) is 24.8 Å². The summed E-state index contributed by atoms with van der Waals surface area (Å²) in [7, 11) is 0. The number of benzene rings is 1. The standard InChI is InChI=1S/C23H25FN4O4S2/c1-4-11-28-19(13-32-16-9-7-15(24)8-10-16)26-27-23(28)33-14-20(29)25-21-18(22(30)31-6-3)12-17(5-2)34-21/h4,7-10,12H,1,5-6,11,13-14H2,2-3H3,(H,25,29). The summed E-state index contributed by atoms with van der Waals surface area (Å²) in [5.74, 6) is 0.0261. The maximum absolute atomic E-state index is 13.1. The van der Waals surface area contributed by atoms with Crippen LogP contribution in [0.2, 0.25) is 0 Å². The van der Waals surface area contributed by atoms with Crippen LogP contribution in [0, 0.1) is 5.82 Å². The van der Waals surface area contributed by atoms with Crippen molar-refractivity contribution in [2.45, 2.75) is 38.6 Å². The number of amides is 1. The Morgan fingerprint density at radius 2 is 2.03 bits per heavy atom. The molecule has 11 heteroatoms. The van der Waals surface area contributed by atoms with E-state index >= 15 is 0 Å². The first kappa shape index (κ1) is 25.4. The fourth-order valence-corrected chi connectivity index (χ4v) is 4.65. The molecule has 0 atom stereocenters. The lowest BCUT2D eigenvalue weighted by Crippen LogP contribution is -2.16. The van der Waals surface area contributed by atoms with Crippen LogP contribution >= 0.6 is 23.1 Å². The van der Waals surface area contributed by atoms with Crippen molar-refractivity contribution in [3.63, 3.8) is 0 Å². The van der Waals surface area contributed by atoms with E-state index in [9.17, 15) is 14.0 Å². The van der Waals surface area contributed by atoms with Gasteiger partial charge in [0, 0.05) is 11.4 Å². The fraction of sp³-hybridized carbons (Fsp3) is 0.304. The van der Waals surface area contributed by atoms with Crippen LogP contribution in [0.1, 0.15) is 34.9 Å². The first-order valence-corrected chi connectivity index (χ1v) is 12.4. The Bertz CT molecular complexity index is 1140. The Morgan fingerprint density at radius 1 is 1.26 bits per heavy atom. The number of carbonyl (C=O) groups excluding carboxylic acids is 2. The van der Waals surface area contributed by atoms with E-state index in [4.69, 9.17) is 9.47 Å². The first-order chi connectivity index (χ1) is 16.4. The minimum absolute atomic E-state index is 0.0652. The summed E-state index contributed by atoms with van der Waals surface area (Å²) in [6.45, 7) is 8.28. The van der Waals surface area contributed by atoms with E-state index in [0.717, 1.165) is 11.3 Å². The molecule has 1 aromatic carbocycles. The molecule has 0 bridgehead atoms. The van der Waals surface area contributed by atoms with Gasteiger partial charge in [-0.15, -0.1) is 28.1 Å². The molecule has 3 rings (SSSR count). The number of ether oxygens (including phenoxy) is 2. The third kappa shape index (κ3) is 6.67. The van der Waals surface area contributed by atoms with Crippen molar-refractivity contribution in [1.29, 1.82) is 0 Å². The van der Waals surface area contributed by atoms with Crippen LogP contribution in [0.4, 0.5) is 9.39 Å². The van der Waals surface area contributed by atoms with Crippen molar-refractivity contribution in [3.8, 4) is 5.75 Å². The van der Waals surface area contributed by atoms with Gasteiger partial charge in [-0.3, -0.25) is 9.36 Å². The molecule has 3 aromatic rings. The average molecular weight is 505 g/mol. The predicted molar refractivity (Wildman–Crippen MR) is 130 cm³/mol. The minimum atomic E-state index is -0.460. The molecule has 0 fully saturated rings. The number of thioether (sulfide) groups is 1. The molecule has 0 radical (unpaired) electrons. The van der Waals surface area contributed by atoms with Gasteiger partial charge in [-0.2, -0.15) is 0 Å². The van der Waals surface area contributed by atoms with Crippen molar-refractivity contribution < 1.29 is 23.5 Å². The number of anilines is 1. The van der Waals surface area contributed by atoms with E-state index in [2.05, 4.69) is 22.1 Å². The van der Waals surface area contributed by atoms with E-state index in [0.29, 0.717) is 33.8 Å². The predicted octanol–water partition coefficient (Wildman–Crippen LogP) is 4.71. The van der Waals surface area contributed by atoms with Crippen LogP contribution in [0.25, 0.3) is 0 Å². The smallest absolute Gasteiger partial charge is 0.341 e. The van der Waals surface area contributed by atoms with Crippen molar-refractivity contribution in [1.82, 2.24) is 14.8 Å². The number of allylic oxidation sites excluding steroid dienone is 1. The summed E-state index contributed by atoms with van der Waals surface area (Å²) >= 11 is 2.56. The highest BCUT2D eigenvalue weighted by Gasteiger charge is 2.20. The first-order valence-electron chi connectivity index (χ1n) is 10.6. The van der Waals surface area contributed by atoms with Gasteiger partial charge < -0.3 is 14.8 Å². The average Bonchev–Trinajstić information content (AvgIpc) is 3.41. The third-order valence-corrected chi connectivity index (χ3v) is 6.66. The molecular formula is C23H25FN4O4S2. The SMILES string of the molecule is C=CCn1c(COc2ccc(F)cc2)nnc1SCC(=O)Nc1sc(CC)cc1C(=O)OCC. The van der Waals surface area contributed by atoms with Crippen molar-refractivity contribution in [3.05, 3.63) is 65.1 Å². The normalized spacial score (nSPS) is 10.7. The number of hydrogen-bond acceptors (Lipinski definition) is 8. The number of aryl methyl sites for hydroxylation is 1. The van der Waals surface area contributed by atoms with E-state index < -0.39 is 5.97 Å². The number of aromatic nitrogens is 3. The largest absolute Gasteiger partial charge is 0.486 e. The van der Waals surface area contributed by atoms with E-state index in [1.165, 1.54) is 47.4 Å². The van der Waals surface area contributed by atoms with Gasteiger partial charge in [-0.25, -0.2) is 9.18 Å². The van der Waals surface area contributed by atoms with Gasteiger partial charge in [0.15, 0.2) is 11.0 Å². The van der Waals surface area contributed by atoms with Gasteiger partial charge in [0.25, 0.3) is 0 Å². The van der Waals surface area contributed by atoms with E-state index in [1.807, 2.05) is 6.92 Å². The van der Waals surface area contributed by atoms with Gasteiger partial charge >= 0.3 is 5.97 Å². The second-order valence-corrected chi connectivity index (χ2v) is 8.99. The molecule has 0 spiro atoms. The summed E-state index contributed by atoms with van der Waals surface area (Å²) in [5, 5.41) is 12.1. The highest BCUT2D eigenvalue weighted by Crippen LogP contribution is 2.30. The molecule has 0 aliphatic rings. The summed E-state index contributed by atoms with van der Waals surface area (Å²) in [6.07, 6.45) is 2.44. The number of esters is 1. The Hall–Kier alpha value is -3.18. The molecule has 8 nitrogen and oxygen atoms in total. The molecule has 0 unspecified atom stereocenters. The second-order valence-electron chi connectivity index (χ2n) is 6.91. The third-order valence-electron chi connectivity index (χ3n) is 4.50. The zero-order valence-electron chi connectivity index (χ0n) is 18.9. The number of nitrogens with zero attached hydrogens (tertiary/aromatic N) is 3. The highest BCUT2D eigenvalue weighted by atomic mass is 32.2. The number of carbonyl (C=O) groups is 2. The topological polar surface area (TPSA) is 95.3 Å². The van der Waals surface area contributed by atoms with E-state index in [-0.39, 0.29) is 30.7 Å². The van der Waals surface area contributed by atoms with Crippen LogP contribution in [0.5, 0.6) is 5.75 Å². The number of rotatable bonds is 12. The lowest BCUT2D eigenvalue weighted by atomic mass is 10.2. The minimum Gasteiger partial charge on any atom is -0.486 e. The molecule has 34 heavy (non-hydrogen) atoms. The summed E-state index contributed by atoms with van der Waals surface area (Å²) < 4.78 is 25.6. The quantitative estimate of drug-likeness (QED) is 0.217. The van der Waals surface area contributed by atoms with Crippen LogP contribution in [-0.4, -0.2) is 39.0 Å². The maximum Gasteiger partial charge on any atom is 0.341 e. The van der Waals surface area contributed by atoms with Crippen LogP contribution < -0.4 is 10.1 Å². The molecule has 0 aliphatic carbocycles. The van der Waals surface area contributed by atoms with Crippen LogP contribution in [0.3, 0.4) is 0 Å². The van der Waals surface area contributed by atoms with E-state index in [1.54, 1.807) is 23.6 Å². The van der Waals surface area contributed by atoms with Gasteiger partial charge in [0.05, 0.1) is 17.9 Å². The summed E-state index contributed by atoms with van der Waals surface area (Å²) in [6, 6.07) is 7.44. The Kier molecular flexibility index (Phi) is 9.23. The molecule has 1 N–H and O–H groups in total. The Labute approximate surface area is 205 Å². The second kappa shape index (κ2) is 12.3. The van der Waals surface area contributed by atoms with Crippen LogP contribution in [-0.2, 0) is 29.1 Å². The fourth-order valence-electron chi connectivity index (χ4n) is 2.89. The number of thiophene rings is 1. The van der Waals surface area contributed by atoms with Gasteiger partial charge in [-0.05, 0) is 43.7 Å². The zero-order chi connectivity index (χ0) is 24.5. The Balaban J connectivity index is 1.64. The molecule has 1 amide bonds. The van der Waals surface area contributed by atoms with Crippen molar-refractivity contribution in [2.24, 2.45) is 0 Å². The van der Waals surface area contributed by atoms with Crippen molar-refractivity contribution >= 4 is 40.0 Å². The molecule has 2 aromatic heterocycles. The van der Waals surface area contributed by atoms with Gasteiger partial charge in [0.1, 0.15) is 23.2 Å². The Morgan fingerprint density at radius 3 is 2.71 bits per heavy atom. The lowest BCUT2D eigenvalue weighted by molar-refractivity contribution is -0.113. The zero-order valence-corrected chi connectivity index (χ0v) is 20.5. The molecular weight excluding hydrogens is 479 g/mol. The molecule has 180 valence electrons. The number of halogens is 1. The highest BCUT2D eigenvalue weighted by molar-refractivity contribution is 7.99. The van der Waals surface area contributed by atoms with Gasteiger partial charge in [0.2, 0.25) is 5.91 Å². The summed E-state index contributed by atoms with van der Waals surface area (Å²) in [4.78, 5) is 25.8. The molecule has 2 heterocycles. The lowest BCUT2D eigenvalue weighted by Gasteiger charge is -2.09. The molecule has 0 saturated heterocycles. The monoisotopic (exact) mass is 504 g/mol. The summed E-state index contributed by atoms with van der Waals surface area (Å²) in [5.41, 5.74) is 0.358. The number of nitrogens with one attached hydrogen (secondary N) is 1.